The predicted octanol–water partition coefficient (Wildman–Crippen LogP) is 3.32. The molecule has 0 bridgehead atoms. The Hall–Kier alpha value is -2.60. The lowest BCUT2D eigenvalue weighted by atomic mass is 10.1. The molecular formula is C20H23FN2O3. The van der Waals surface area contributed by atoms with E-state index in [1.807, 2.05) is 12.1 Å². The number of hydrogen-bond acceptors (Lipinski definition) is 4. The summed E-state index contributed by atoms with van der Waals surface area (Å²) in [6.45, 7) is 1.96. The largest absolute Gasteiger partial charge is 0.490 e. The van der Waals surface area contributed by atoms with Crippen LogP contribution in [0.15, 0.2) is 48.5 Å². The minimum Gasteiger partial charge on any atom is -0.490 e. The Kier molecular flexibility index (Phi) is 6.07. The quantitative estimate of drug-likeness (QED) is 0.861. The second-order valence-corrected chi connectivity index (χ2v) is 6.44. The van der Waals surface area contributed by atoms with Crippen LogP contribution in [-0.4, -0.2) is 43.7 Å². The molecule has 0 aliphatic carbocycles. The SMILES string of the molecule is CN1CCC(Oc2ccc(NC(=O)COc3ccc(F)cc3)cc2)CC1. The molecule has 5 nitrogen and oxygen atoms in total. The molecule has 2 aromatic rings. The Bertz CT molecular complexity index is 711. The van der Waals surface area contributed by atoms with Crippen LogP contribution >= 0.6 is 0 Å². The summed E-state index contributed by atoms with van der Waals surface area (Å²) in [5, 5.41) is 2.76. The number of carbonyl (C=O) groups excluding carboxylic acids is 1. The van der Waals surface area contributed by atoms with Gasteiger partial charge in [0.2, 0.25) is 0 Å². The van der Waals surface area contributed by atoms with Crippen molar-refractivity contribution in [2.75, 3.05) is 32.1 Å². The number of nitrogens with one attached hydrogen (secondary N) is 1. The van der Waals surface area contributed by atoms with Gasteiger partial charge >= 0.3 is 0 Å². The van der Waals surface area contributed by atoms with Crippen LogP contribution in [0.4, 0.5) is 10.1 Å². The van der Waals surface area contributed by atoms with Gasteiger partial charge in [0, 0.05) is 18.8 Å². The molecule has 1 heterocycles. The molecule has 0 aromatic heterocycles. The fourth-order valence-electron chi connectivity index (χ4n) is 2.79. The number of likely N-dealkylation sites (tertiary alicyclic amines) is 1. The molecule has 3 rings (SSSR count). The lowest BCUT2D eigenvalue weighted by molar-refractivity contribution is -0.118. The maximum Gasteiger partial charge on any atom is 0.262 e. The van der Waals surface area contributed by atoms with E-state index in [0.29, 0.717) is 11.4 Å². The van der Waals surface area contributed by atoms with Crippen molar-refractivity contribution in [3.63, 3.8) is 0 Å². The smallest absolute Gasteiger partial charge is 0.262 e. The molecule has 138 valence electrons. The molecule has 1 fully saturated rings. The zero-order valence-corrected chi connectivity index (χ0v) is 14.8. The van der Waals surface area contributed by atoms with Crippen LogP contribution in [0.1, 0.15) is 12.8 Å². The molecule has 0 radical (unpaired) electrons. The maximum atomic E-state index is 12.8. The van der Waals surface area contributed by atoms with Crippen LogP contribution < -0.4 is 14.8 Å². The van der Waals surface area contributed by atoms with Crippen molar-refractivity contribution in [2.24, 2.45) is 0 Å². The van der Waals surface area contributed by atoms with Gasteiger partial charge in [-0.1, -0.05) is 0 Å². The molecule has 0 spiro atoms. The predicted molar refractivity (Wildman–Crippen MR) is 98.1 cm³/mol. The van der Waals surface area contributed by atoms with E-state index in [0.717, 1.165) is 31.7 Å². The molecule has 0 saturated carbocycles. The van der Waals surface area contributed by atoms with E-state index in [1.54, 1.807) is 12.1 Å². The zero-order chi connectivity index (χ0) is 18.4. The Morgan fingerprint density at radius 1 is 1.08 bits per heavy atom. The van der Waals surface area contributed by atoms with Gasteiger partial charge in [-0.2, -0.15) is 0 Å². The number of nitrogens with zero attached hydrogens (tertiary/aromatic N) is 1. The van der Waals surface area contributed by atoms with E-state index < -0.39 is 0 Å². The first-order valence-electron chi connectivity index (χ1n) is 8.72. The van der Waals surface area contributed by atoms with Crippen molar-refractivity contribution in [3.8, 4) is 11.5 Å². The molecule has 0 atom stereocenters. The van der Waals surface area contributed by atoms with Crippen molar-refractivity contribution in [1.29, 1.82) is 0 Å². The van der Waals surface area contributed by atoms with Gasteiger partial charge in [0.25, 0.3) is 5.91 Å². The van der Waals surface area contributed by atoms with Gasteiger partial charge in [0.1, 0.15) is 23.4 Å². The average Bonchev–Trinajstić information content (AvgIpc) is 2.65. The molecule has 0 unspecified atom stereocenters. The minimum absolute atomic E-state index is 0.139. The first-order chi connectivity index (χ1) is 12.6. The van der Waals surface area contributed by atoms with Gasteiger partial charge in [-0.15, -0.1) is 0 Å². The van der Waals surface area contributed by atoms with Gasteiger partial charge in [0.05, 0.1) is 0 Å². The summed E-state index contributed by atoms with van der Waals surface area (Å²) >= 11 is 0. The number of anilines is 1. The first kappa shape index (κ1) is 18.2. The molecular weight excluding hydrogens is 335 g/mol. The molecule has 1 aliphatic heterocycles. The number of rotatable bonds is 6. The zero-order valence-electron chi connectivity index (χ0n) is 14.8. The molecule has 1 saturated heterocycles. The normalized spacial score (nSPS) is 15.5. The average molecular weight is 358 g/mol. The fourth-order valence-corrected chi connectivity index (χ4v) is 2.79. The number of halogens is 1. The van der Waals surface area contributed by atoms with E-state index >= 15 is 0 Å². The molecule has 6 heteroatoms. The molecule has 1 N–H and O–H groups in total. The van der Waals surface area contributed by atoms with E-state index in [2.05, 4.69) is 17.3 Å². The van der Waals surface area contributed by atoms with Crippen LogP contribution in [0, 0.1) is 5.82 Å². The van der Waals surface area contributed by atoms with Gasteiger partial charge in [-0.05, 0) is 68.4 Å². The van der Waals surface area contributed by atoms with Crippen LogP contribution in [0.25, 0.3) is 0 Å². The number of ether oxygens (including phenoxy) is 2. The van der Waals surface area contributed by atoms with Crippen LogP contribution in [0.5, 0.6) is 11.5 Å². The van der Waals surface area contributed by atoms with Gasteiger partial charge in [-0.3, -0.25) is 4.79 Å². The van der Waals surface area contributed by atoms with Crippen LogP contribution in [0.3, 0.4) is 0 Å². The number of amides is 1. The lowest BCUT2D eigenvalue weighted by Crippen LogP contribution is -2.35. The highest BCUT2D eigenvalue weighted by Crippen LogP contribution is 2.21. The highest BCUT2D eigenvalue weighted by molar-refractivity contribution is 5.91. The summed E-state index contributed by atoms with van der Waals surface area (Å²) < 4.78 is 24.1. The third kappa shape index (κ3) is 5.46. The highest BCUT2D eigenvalue weighted by Gasteiger charge is 2.17. The Morgan fingerprint density at radius 2 is 1.69 bits per heavy atom. The Morgan fingerprint density at radius 3 is 2.35 bits per heavy atom. The monoisotopic (exact) mass is 358 g/mol. The minimum atomic E-state index is -0.343. The molecule has 1 aliphatic rings. The summed E-state index contributed by atoms with van der Waals surface area (Å²) in [4.78, 5) is 14.2. The molecule has 2 aromatic carbocycles. The van der Waals surface area contributed by atoms with E-state index in [4.69, 9.17) is 9.47 Å². The van der Waals surface area contributed by atoms with E-state index in [9.17, 15) is 9.18 Å². The summed E-state index contributed by atoms with van der Waals surface area (Å²) in [5.41, 5.74) is 0.674. The van der Waals surface area contributed by atoms with Crippen LogP contribution in [-0.2, 0) is 4.79 Å². The van der Waals surface area contributed by atoms with E-state index in [-0.39, 0.29) is 24.4 Å². The van der Waals surface area contributed by atoms with Gasteiger partial charge in [0.15, 0.2) is 6.61 Å². The summed E-state index contributed by atoms with van der Waals surface area (Å²) in [7, 11) is 2.12. The summed E-state index contributed by atoms with van der Waals surface area (Å²) in [5.74, 6) is 0.631. The van der Waals surface area contributed by atoms with Crippen molar-refractivity contribution >= 4 is 11.6 Å². The summed E-state index contributed by atoms with van der Waals surface area (Å²) in [6.07, 6.45) is 2.29. The van der Waals surface area contributed by atoms with Crippen LogP contribution in [0.2, 0.25) is 0 Å². The van der Waals surface area contributed by atoms with Gasteiger partial charge < -0.3 is 19.7 Å². The lowest BCUT2D eigenvalue weighted by Gasteiger charge is -2.29. The second kappa shape index (κ2) is 8.67. The second-order valence-electron chi connectivity index (χ2n) is 6.44. The Labute approximate surface area is 152 Å². The van der Waals surface area contributed by atoms with Crippen molar-refractivity contribution in [3.05, 3.63) is 54.3 Å². The third-order valence-corrected chi connectivity index (χ3v) is 4.29. The number of benzene rings is 2. The first-order valence-corrected chi connectivity index (χ1v) is 8.72. The Balaban J connectivity index is 1.44. The number of hydrogen-bond donors (Lipinski definition) is 1. The fraction of sp³-hybridized carbons (Fsp3) is 0.350. The highest BCUT2D eigenvalue weighted by atomic mass is 19.1. The van der Waals surface area contributed by atoms with Crippen molar-refractivity contribution in [2.45, 2.75) is 18.9 Å². The standard InChI is InChI=1S/C20H23FN2O3/c1-23-12-10-19(11-13-23)26-18-8-4-16(5-9-18)22-20(24)14-25-17-6-2-15(21)3-7-17/h2-9,19H,10-14H2,1H3,(H,22,24). The van der Waals surface area contributed by atoms with Gasteiger partial charge in [-0.25, -0.2) is 4.39 Å². The molecule has 1 amide bonds. The summed E-state index contributed by atoms with van der Waals surface area (Å²) in [6, 6.07) is 12.9. The number of carbonyl (C=O) groups is 1. The third-order valence-electron chi connectivity index (χ3n) is 4.29. The van der Waals surface area contributed by atoms with Crippen molar-refractivity contribution < 1.29 is 18.7 Å². The molecule has 26 heavy (non-hydrogen) atoms. The maximum absolute atomic E-state index is 12.8. The topological polar surface area (TPSA) is 50.8 Å². The van der Waals surface area contributed by atoms with Crippen molar-refractivity contribution in [1.82, 2.24) is 4.90 Å². The number of piperidine rings is 1. The van der Waals surface area contributed by atoms with E-state index in [1.165, 1.54) is 24.3 Å².